The van der Waals surface area contributed by atoms with Crippen LogP contribution in [-0.4, -0.2) is 0 Å². The molecular formula is C60H38O. The van der Waals surface area contributed by atoms with Crippen LogP contribution >= 0.6 is 0 Å². The summed E-state index contributed by atoms with van der Waals surface area (Å²) in [5.74, 6) is 0. The van der Waals surface area contributed by atoms with Crippen LogP contribution in [0.2, 0.25) is 0 Å². The van der Waals surface area contributed by atoms with E-state index in [0.717, 1.165) is 44.2 Å². The Bertz CT molecular complexity index is 3630. The predicted molar refractivity (Wildman–Crippen MR) is 259 cm³/mol. The summed E-state index contributed by atoms with van der Waals surface area (Å²) in [5.41, 5.74) is 15.9. The summed E-state index contributed by atoms with van der Waals surface area (Å²) in [6, 6.07) is 83.7. The number of furan rings is 1. The fourth-order valence-corrected chi connectivity index (χ4v) is 9.51. The second kappa shape index (κ2) is 14.4. The van der Waals surface area contributed by atoms with Crippen LogP contribution in [0.4, 0.5) is 0 Å². The predicted octanol–water partition coefficient (Wildman–Crippen LogP) is 17.0. The number of hydrogen-bond acceptors (Lipinski definition) is 1. The van der Waals surface area contributed by atoms with Gasteiger partial charge in [0.15, 0.2) is 0 Å². The second-order valence-electron chi connectivity index (χ2n) is 16.0. The first-order chi connectivity index (χ1) is 30.2. The third-order valence-corrected chi connectivity index (χ3v) is 12.4. The maximum atomic E-state index is 7.11. The van der Waals surface area contributed by atoms with Gasteiger partial charge in [0.05, 0.1) is 0 Å². The first kappa shape index (κ1) is 35.0. The van der Waals surface area contributed by atoms with Gasteiger partial charge in [-0.15, -0.1) is 0 Å². The molecule has 1 nitrogen and oxygen atoms in total. The minimum absolute atomic E-state index is 0.880. The molecule has 0 spiro atoms. The number of para-hydroxylation sites is 1. The van der Waals surface area contributed by atoms with E-state index < -0.39 is 0 Å². The summed E-state index contributed by atoms with van der Waals surface area (Å²) < 4.78 is 7.11. The second-order valence-corrected chi connectivity index (χ2v) is 16.0. The van der Waals surface area contributed by atoms with Crippen molar-refractivity contribution in [3.63, 3.8) is 0 Å². The molecule has 11 aromatic carbocycles. The van der Waals surface area contributed by atoms with Crippen LogP contribution in [-0.2, 0) is 0 Å². The van der Waals surface area contributed by atoms with Crippen molar-refractivity contribution in [3.05, 3.63) is 231 Å². The van der Waals surface area contributed by atoms with Crippen LogP contribution in [0.5, 0.6) is 0 Å². The Morgan fingerprint density at radius 2 is 0.738 bits per heavy atom. The van der Waals surface area contributed by atoms with E-state index in [1.54, 1.807) is 0 Å². The zero-order valence-corrected chi connectivity index (χ0v) is 33.3. The van der Waals surface area contributed by atoms with Gasteiger partial charge < -0.3 is 4.42 Å². The van der Waals surface area contributed by atoms with Crippen LogP contribution in [0.25, 0.3) is 121 Å². The van der Waals surface area contributed by atoms with E-state index >= 15 is 0 Å². The SMILES string of the molecule is c1ccc(-c2cccc(-c3cc(-c4ccc5ccccc5c4)cc(-c4cc5oc6c(-c7ccc(-c8ccccc8)c8ccccc78)cccc6c5c5ccccc45)c3)c2)cc1. The van der Waals surface area contributed by atoms with E-state index in [0.29, 0.717) is 0 Å². The molecule has 12 aromatic rings. The van der Waals surface area contributed by atoms with Gasteiger partial charge in [-0.05, 0) is 130 Å². The monoisotopic (exact) mass is 774 g/mol. The van der Waals surface area contributed by atoms with Gasteiger partial charge in [-0.25, -0.2) is 0 Å². The lowest BCUT2D eigenvalue weighted by atomic mass is 9.89. The van der Waals surface area contributed by atoms with Crippen LogP contribution in [0.1, 0.15) is 0 Å². The number of rotatable bonds is 6. The Labute approximate surface area is 354 Å². The molecule has 1 heteroatoms. The summed E-state index contributed by atoms with van der Waals surface area (Å²) in [6.07, 6.45) is 0. The van der Waals surface area contributed by atoms with E-state index in [1.807, 2.05) is 0 Å². The van der Waals surface area contributed by atoms with Gasteiger partial charge in [-0.2, -0.15) is 0 Å². The molecule has 0 amide bonds. The van der Waals surface area contributed by atoms with Crippen molar-refractivity contribution in [2.45, 2.75) is 0 Å². The van der Waals surface area contributed by atoms with Crippen molar-refractivity contribution in [3.8, 4) is 66.8 Å². The van der Waals surface area contributed by atoms with E-state index in [1.165, 1.54) is 76.8 Å². The highest BCUT2D eigenvalue weighted by Gasteiger charge is 2.20. The zero-order chi connectivity index (χ0) is 40.3. The summed E-state index contributed by atoms with van der Waals surface area (Å²) in [6.45, 7) is 0. The molecule has 1 heterocycles. The number of benzene rings is 11. The highest BCUT2D eigenvalue weighted by molar-refractivity contribution is 6.24. The zero-order valence-electron chi connectivity index (χ0n) is 33.3. The Kier molecular flexibility index (Phi) is 8.25. The lowest BCUT2D eigenvalue weighted by molar-refractivity contribution is 0.670. The van der Waals surface area contributed by atoms with Crippen molar-refractivity contribution >= 4 is 54.3 Å². The quantitative estimate of drug-likeness (QED) is 0.164. The Morgan fingerprint density at radius 3 is 1.49 bits per heavy atom. The molecule has 12 rings (SSSR count). The van der Waals surface area contributed by atoms with Crippen molar-refractivity contribution in [1.82, 2.24) is 0 Å². The Morgan fingerprint density at radius 1 is 0.230 bits per heavy atom. The first-order valence-corrected chi connectivity index (χ1v) is 21.0. The van der Waals surface area contributed by atoms with Gasteiger partial charge in [0.1, 0.15) is 11.2 Å². The first-order valence-electron chi connectivity index (χ1n) is 21.0. The van der Waals surface area contributed by atoms with Crippen molar-refractivity contribution in [1.29, 1.82) is 0 Å². The van der Waals surface area contributed by atoms with Crippen LogP contribution in [0.3, 0.4) is 0 Å². The lowest BCUT2D eigenvalue weighted by Gasteiger charge is -2.15. The van der Waals surface area contributed by atoms with Crippen LogP contribution in [0.15, 0.2) is 235 Å². The summed E-state index contributed by atoms with van der Waals surface area (Å²) in [7, 11) is 0. The molecule has 0 saturated heterocycles. The van der Waals surface area contributed by atoms with Gasteiger partial charge in [-0.1, -0.05) is 194 Å². The van der Waals surface area contributed by atoms with Gasteiger partial charge >= 0.3 is 0 Å². The molecule has 0 atom stereocenters. The van der Waals surface area contributed by atoms with E-state index in [-0.39, 0.29) is 0 Å². The van der Waals surface area contributed by atoms with Gasteiger partial charge in [-0.3, -0.25) is 0 Å². The molecule has 0 aliphatic carbocycles. The smallest absolute Gasteiger partial charge is 0.143 e. The van der Waals surface area contributed by atoms with Crippen LogP contribution in [0, 0.1) is 0 Å². The lowest BCUT2D eigenvalue weighted by Crippen LogP contribution is -1.89. The fourth-order valence-electron chi connectivity index (χ4n) is 9.51. The van der Waals surface area contributed by atoms with E-state index in [9.17, 15) is 0 Å². The molecule has 0 bridgehead atoms. The maximum absolute atomic E-state index is 7.11. The average Bonchev–Trinajstić information content (AvgIpc) is 3.73. The maximum Gasteiger partial charge on any atom is 0.143 e. The third kappa shape index (κ3) is 6.02. The Hall–Kier alpha value is -8.00. The minimum atomic E-state index is 0.880. The molecule has 0 fully saturated rings. The number of fused-ring (bicyclic) bond motifs is 7. The molecule has 284 valence electrons. The molecule has 1 aromatic heterocycles. The van der Waals surface area contributed by atoms with Gasteiger partial charge in [0.25, 0.3) is 0 Å². The highest BCUT2D eigenvalue weighted by Crippen LogP contribution is 2.46. The fraction of sp³-hybridized carbons (Fsp3) is 0. The highest BCUT2D eigenvalue weighted by atomic mass is 16.3. The molecule has 0 aliphatic heterocycles. The van der Waals surface area contributed by atoms with Gasteiger partial charge in [0.2, 0.25) is 0 Å². The normalized spacial score (nSPS) is 11.6. The van der Waals surface area contributed by atoms with E-state index in [4.69, 9.17) is 4.42 Å². The molecule has 0 radical (unpaired) electrons. The molecule has 0 saturated carbocycles. The van der Waals surface area contributed by atoms with Crippen molar-refractivity contribution in [2.75, 3.05) is 0 Å². The molecule has 0 unspecified atom stereocenters. The average molecular weight is 775 g/mol. The molecular weight excluding hydrogens is 737 g/mol. The van der Waals surface area contributed by atoms with Gasteiger partial charge in [0, 0.05) is 16.3 Å². The van der Waals surface area contributed by atoms with Crippen LogP contribution < -0.4 is 0 Å². The standard InChI is InChI=1S/C60H38O/c1-3-15-39(16-4-1)43-21-13-22-44(33-43)46-35-47(45-30-29-40-17-7-8-20-42(40)34-45)37-48(36-46)57-38-58-59(54-26-12-11-25-52(54)57)56-28-14-27-55(60(56)61-58)53-32-31-49(41-18-5-2-6-19-41)50-23-9-10-24-51(50)53/h1-38H. The summed E-state index contributed by atoms with van der Waals surface area (Å²) in [5, 5.41) is 9.53. The Balaban J connectivity index is 1.08. The largest absolute Gasteiger partial charge is 0.455 e. The molecule has 0 aliphatic rings. The summed E-state index contributed by atoms with van der Waals surface area (Å²) >= 11 is 0. The number of hydrogen-bond donors (Lipinski definition) is 0. The van der Waals surface area contributed by atoms with Crippen molar-refractivity contribution < 1.29 is 4.42 Å². The summed E-state index contributed by atoms with van der Waals surface area (Å²) in [4.78, 5) is 0. The topological polar surface area (TPSA) is 13.1 Å². The molecule has 61 heavy (non-hydrogen) atoms. The van der Waals surface area contributed by atoms with Crippen molar-refractivity contribution in [2.24, 2.45) is 0 Å². The minimum Gasteiger partial charge on any atom is -0.455 e. The van der Waals surface area contributed by atoms with E-state index in [2.05, 4.69) is 231 Å². The molecule has 0 N–H and O–H groups in total. The third-order valence-electron chi connectivity index (χ3n) is 12.4.